The Morgan fingerprint density at radius 1 is 1.53 bits per heavy atom. The molecule has 4 nitrogen and oxygen atoms in total. The number of benzene rings is 1. The van der Waals surface area contributed by atoms with Crippen LogP contribution in [-0.4, -0.2) is 12.5 Å². The monoisotopic (exact) mass is 206 g/mol. The number of amides is 1. The number of aryl methyl sites for hydroxylation is 1. The Kier molecular flexibility index (Phi) is 2.60. The fraction of sp³-hybridized carbons (Fsp3) is 0.364. The van der Waals surface area contributed by atoms with Crippen LogP contribution in [0.3, 0.4) is 0 Å². The smallest absolute Gasteiger partial charge is 0.255 e. The first-order valence-corrected chi connectivity index (χ1v) is 4.96. The molecule has 1 amide bonds. The summed E-state index contributed by atoms with van der Waals surface area (Å²) in [4.78, 5) is 10.5. The number of carbonyl (C=O) groups excluding carboxylic acids is 1. The maximum atomic E-state index is 10.5. The Balaban J connectivity index is 2.12. The second kappa shape index (κ2) is 3.90. The third-order valence-corrected chi connectivity index (χ3v) is 2.62. The summed E-state index contributed by atoms with van der Waals surface area (Å²) in [5.74, 6) is 0.217. The van der Waals surface area contributed by atoms with E-state index in [-0.39, 0.29) is 12.6 Å². The zero-order valence-electron chi connectivity index (χ0n) is 8.40. The van der Waals surface area contributed by atoms with Gasteiger partial charge in [-0.3, -0.25) is 4.79 Å². The first-order valence-electron chi connectivity index (χ1n) is 4.96. The van der Waals surface area contributed by atoms with E-state index >= 15 is 0 Å². The van der Waals surface area contributed by atoms with Crippen molar-refractivity contribution in [3.63, 3.8) is 0 Å². The van der Waals surface area contributed by atoms with Gasteiger partial charge in [-0.05, 0) is 36.1 Å². The van der Waals surface area contributed by atoms with Crippen molar-refractivity contribution in [1.29, 1.82) is 0 Å². The Morgan fingerprint density at radius 3 is 3.07 bits per heavy atom. The van der Waals surface area contributed by atoms with Crippen molar-refractivity contribution >= 4 is 5.91 Å². The number of rotatable bonds is 3. The van der Waals surface area contributed by atoms with Gasteiger partial charge in [-0.1, -0.05) is 6.07 Å². The van der Waals surface area contributed by atoms with Crippen LogP contribution >= 0.6 is 0 Å². The molecule has 1 aromatic rings. The minimum absolute atomic E-state index is 0.0785. The molecule has 0 radical (unpaired) electrons. The third-order valence-electron chi connectivity index (χ3n) is 2.62. The third kappa shape index (κ3) is 2.10. The predicted octanol–water partition coefficient (Wildman–Crippen LogP) is 0.497. The molecule has 15 heavy (non-hydrogen) atoms. The Bertz CT molecular complexity index is 390. The number of ether oxygens (including phenoxy) is 1. The maximum Gasteiger partial charge on any atom is 0.255 e. The summed E-state index contributed by atoms with van der Waals surface area (Å²) in [6, 6.07) is 5.87. The molecule has 1 aliphatic carbocycles. The number of carbonyl (C=O) groups is 1. The van der Waals surface area contributed by atoms with Gasteiger partial charge in [-0.15, -0.1) is 0 Å². The lowest BCUT2D eigenvalue weighted by atomic mass is 10.1. The van der Waals surface area contributed by atoms with Gasteiger partial charge < -0.3 is 16.2 Å². The molecule has 4 heteroatoms. The molecule has 0 aromatic heterocycles. The van der Waals surface area contributed by atoms with Gasteiger partial charge in [0.2, 0.25) is 0 Å². The Labute approximate surface area is 88.2 Å². The van der Waals surface area contributed by atoms with Gasteiger partial charge in [0.25, 0.3) is 5.91 Å². The van der Waals surface area contributed by atoms with Crippen LogP contribution in [0.25, 0.3) is 0 Å². The predicted molar refractivity (Wildman–Crippen MR) is 56.4 cm³/mol. The summed E-state index contributed by atoms with van der Waals surface area (Å²) in [6.07, 6.45) is 1.96. The molecule has 0 unspecified atom stereocenters. The molecule has 0 spiro atoms. The van der Waals surface area contributed by atoms with Crippen LogP contribution in [0.1, 0.15) is 23.6 Å². The molecule has 0 bridgehead atoms. The van der Waals surface area contributed by atoms with Crippen molar-refractivity contribution in [2.45, 2.75) is 18.9 Å². The SMILES string of the molecule is NC(=O)COc1ccc2c(c1)CC[C@@H]2N. The van der Waals surface area contributed by atoms with Gasteiger partial charge in [0.1, 0.15) is 5.75 Å². The van der Waals surface area contributed by atoms with E-state index in [0.717, 1.165) is 12.8 Å². The highest BCUT2D eigenvalue weighted by Gasteiger charge is 2.19. The molecule has 1 aliphatic rings. The van der Waals surface area contributed by atoms with E-state index in [9.17, 15) is 4.79 Å². The number of hydrogen-bond donors (Lipinski definition) is 2. The van der Waals surface area contributed by atoms with Crippen molar-refractivity contribution in [1.82, 2.24) is 0 Å². The fourth-order valence-electron chi connectivity index (χ4n) is 1.87. The Hall–Kier alpha value is -1.55. The lowest BCUT2D eigenvalue weighted by molar-refractivity contribution is -0.119. The lowest BCUT2D eigenvalue weighted by Gasteiger charge is -2.07. The van der Waals surface area contributed by atoms with Crippen LogP contribution in [0.15, 0.2) is 18.2 Å². The van der Waals surface area contributed by atoms with E-state index in [4.69, 9.17) is 16.2 Å². The lowest BCUT2D eigenvalue weighted by Crippen LogP contribution is -2.20. The van der Waals surface area contributed by atoms with E-state index < -0.39 is 5.91 Å². The van der Waals surface area contributed by atoms with Crippen molar-refractivity contribution in [2.75, 3.05) is 6.61 Å². The molecule has 1 atom stereocenters. The first kappa shape index (κ1) is 9.98. The average molecular weight is 206 g/mol. The number of fused-ring (bicyclic) bond motifs is 1. The molecule has 0 saturated carbocycles. The van der Waals surface area contributed by atoms with Crippen LogP contribution in [0.5, 0.6) is 5.75 Å². The summed E-state index contributed by atoms with van der Waals surface area (Å²) >= 11 is 0. The minimum Gasteiger partial charge on any atom is -0.484 e. The first-order chi connectivity index (χ1) is 7.16. The van der Waals surface area contributed by atoms with Crippen LogP contribution in [0.2, 0.25) is 0 Å². The molecule has 2 rings (SSSR count). The number of nitrogens with two attached hydrogens (primary N) is 2. The van der Waals surface area contributed by atoms with Gasteiger partial charge in [0.05, 0.1) is 0 Å². The van der Waals surface area contributed by atoms with E-state index in [1.54, 1.807) is 0 Å². The quantitative estimate of drug-likeness (QED) is 0.755. The zero-order chi connectivity index (χ0) is 10.8. The minimum atomic E-state index is -0.466. The van der Waals surface area contributed by atoms with Crippen LogP contribution in [0, 0.1) is 0 Å². The molecule has 0 aliphatic heterocycles. The molecule has 80 valence electrons. The molecular weight excluding hydrogens is 192 g/mol. The second-order valence-corrected chi connectivity index (χ2v) is 3.76. The summed E-state index contributed by atoms with van der Waals surface area (Å²) in [5, 5.41) is 0. The van der Waals surface area contributed by atoms with Crippen LogP contribution < -0.4 is 16.2 Å². The largest absolute Gasteiger partial charge is 0.484 e. The molecule has 0 heterocycles. The van der Waals surface area contributed by atoms with Gasteiger partial charge >= 0.3 is 0 Å². The van der Waals surface area contributed by atoms with E-state index in [1.807, 2.05) is 18.2 Å². The van der Waals surface area contributed by atoms with Crippen molar-refractivity contribution in [3.8, 4) is 5.75 Å². The molecular formula is C11H14N2O2. The molecule has 4 N–H and O–H groups in total. The zero-order valence-corrected chi connectivity index (χ0v) is 8.40. The van der Waals surface area contributed by atoms with Crippen LogP contribution in [0.4, 0.5) is 0 Å². The second-order valence-electron chi connectivity index (χ2n) is 3.76. The van der Waals surface area contributed by atoms with E-state index in [2.05, 4.69) is 0 Å². The summed E-state index contributed by atoms with van der Waals surface area (Å²) < 4.78 is 5.21. The average Bonchev–Trinajstić information content (AvgIpc) is 2.57. The topological polar surface area (TPSA) is 78.3 Å². The number of primary amides is 1. The summed E-state index contributed by atoms with van der Waals surface area (Å²) in [7, 11) is 0. The van der Waals surface area contributed by atoms with Gasteiger partial charge in [-0.25, -0.2) is 0 Å². The Morgan fingerprint density at radius 2 is 2.33 bits per heavy atom. The summed E-state index contributed by atoms with van der Waals surface area (Å²) in [5.41, 5.74) is 13.3. The van der Waals surface area contributed by atoms with Gasteiger partial charge in [0.15, 0.2) is 6.61 Å². The summed E-state index contributed by atoms with van der Waals surface area (Å²) in [6.45, 7) is -0.0785. The normalized spacial score (nSPS) is 18.6. The van der Waals surface area contributed by atoms with E-state index in [0.29, 0.717) is 5.75 Å². The maximum absolute atomic E-state index is 10.5. The molecule has 0 fully saturated rings. The van der Waals surface area contributed by atoms with Gasteiger partial charge in [0, 0.05) is 6.04 Å². The molecule has 1 aromatic carbocycles. The number of hydrogen-bond acceptors (Lipinski definition) is 3. The fourth-order valence-corrected chi connectivity index (χ4v) is 1.87. The standard InChI is InChI=1S/C11H14N2O2/c12-10-4-1-7-5-8(2-3-9(7)10)15-6-11(13)14/h2-3,5,10H,1,4,6,12H2,(H2,13,14)/t10-/m0/s1. The van der Waals surface area contributed by atoms with E-state index in [1.165, 1.54) is 11.1 Å². The highest BCUT2D eigenvalue weighted by molar-refractivity contribution is 5.75. The highest BCUT2D eigenvalue weighted by Crippen LogP contribution is 2.31. The van der Waals surface area contributed by atoms with Crippen molar-refractivity contribution in [3.05, 3.63) is 29.3 Å². The van der Waals surface area contributed by atoms with Crippen LogP contribution in [-0.2, 0) is 11.2 Å². The molecule has 0 saturated heterocycles. The van der Waals surface area contributed by atoms with Crippen molar-refractivity contribution < 1.29 is 9.53 Å². The van der Waals surface area contributed by atoms with Crippen molar-refractivity contribution in [2.24, 2.45) is 11.5 Å². The van der Waals surface area contributed by atoms with Gasteiger partial charge in [-0.2, -0.15) is 0 Å². The highest BCUT2D eigenvalue weighted by atomic mass is 16.5.